The van der Waals surface area contributed by atoms with Gasteiger partial charge in [-0.3, -0.25) is 4.79 Å². The zero-order valence-corrected chi connectivity index (χ0v) is 7.85. The van der Waals surface area contributed by atoms with E-state index < -0.39 is 0 Å². The number of carbonyl (C=O) groups is 1. The summed E-state index contributed by atoms with van der Waals surface area (Å²) in [4.78, 5) is 11.2. The molecular weight excluding hydrogens is 181 g/mol. The molecule has 0 bridgehead atoms. The lowest BCUT2D eigenvalue weighted by Crippen LogP contribution is -2.17. The molecule has 14 heavy (non-hydrogen) atoms. The third kappa shape index (κ3) is 1.76. The largest absolute Gasteiger partial charge is 0.358 e. The Labute approximate surface area is 82.2 Å². The van der Waals surface area contributed by atoms with Crippen LogP contribution in [0.25, 0.3) is 0 Å². The summed E-state index contributed by atoms with van der Waals surface area (Å²) in [5, 5.41) is 2.62. The zero-order chi connectivity index (χ0) is 9.97. The lowest BCUT2D eigenvalue weighted by molar-refractivity contribution is -0.115. The van der Waals surface area contributed by atoms with E-state index in [9.17, 15) is 9.18 Å². The van der Waals surface area contributed by atoms with E-state index in [-0.39, 0.29) is 11.7 Å². The van der Waals surface area contributed by atoms with Gasteiger partial charge in [-0.15, -0.1) is 0 Å². The van der Waals surface area contributed by atoms with Gasteiger partial charge in [-0.1, -0.05) is 12.2 Å². The molecule has 0 saturated carbocycles. The number of allylic oxidation sites excluding steroid dienone is 4. The number of hydrogen-bond donors (Lipinski definition) is 1. The second-order valence-electron chi connectivity index (χ2n) is 3.50. The molecule has 1 N–H and O–H groups in total. The molecular formula is C11H12FNO. The third-order valence-corrected chi connectivity index (χ3v) is 2.45. The van der Waals surface area contributed by atoms with Crippen LogP contribution in [0.15, 0.2) is 35.3 Å². The van der Waals surface area contributed by atoms with E-state index in [0.29, 0.717) is 18.5 Å². The Kier molecular flexibility index (Phi) is 2.48. The predicted octanol–water partition coefficient (Wildman–Crippen LogP) is 2.01. The minimum Gasteiger partial charge on any atom is -0.358 e. The van der Waals surface area contributed by atoms with Crippen LogP contribution >= 0.6 is 0 Å². The second-order valence-corrected chi connectivity index (χ2v) is 3.50. The summed E-state index contributed by atoms with van der Waals surface area (Å²) in [7, 11) is 0. The molecule has 0 aromatic heterocycles. The summed E-state index contributed by atoms with van der Waals surface area (Å²) in [5.74, 6) is -0.209. The van der Waals surface area contributed by atoms with E-state index in [2.05, 4.69) is 5.32 Å². The minimum atomic E-state index is -0.312. The van der Waals surface area contributed by atoms with Gasteiger partial charge in [-0.2, -0.15) is 4.39 Å². The van der Waals surface area contributed by atoms with Crippen LogP contribution in [0.5, 0.6) is 0 Å². The molecule has 0 aromatic rings. The fraction of sp³-hybridized carbons (Fsp3) is 0.364. The van der Waals surface area contributed by atoms with Crippen molar-refractivity contribution < 1.29 is 9.18 Å². The SMILES string of the molecule is O=C1C=C(C2=C(F)NCC=C2)CCC1. The van der Waals surface area contributed by atoms with Gasteiger partial charge in [-0.25, -0.2) is 0 Å². The average Bonchev–Trinajstić information content (AvgIpc) is 2.18. The van der Waals surface area contributed by atoms with E-state index in [4.69, 9.17) is 0 Å². The average molecular weight is 193 g/mol. The zero-order valence-electron chi connectivity index (χ0n) is 7.85. The van der Waals surface area contributed by atoms with Crippen molar-refractivity contribution in [3.63, 3.8) is 0 Å². The molecule has 1 aliphatic heterocycles. The van der Waals surface area contributed by atoms with Crippen LogP contribution in [0.4, 0.5) is 4.39 Å². The van der Waals surface area contributed by atoms with Gasteiger partial charge in [0.25, 0.3) is 0 Å². The van der Waals surface area contributed by atoms with Gasteiger partial charge in [0.15, 0.2) is 11.7 Å². The first-order valence-electron chi connectivity index (χ1n) is 4.81. The molecule has 1 heterocycles. The normalized spacial score (nSPS) is 22.1. The van der Waals surface area contributed by atoms with Crippen LogP contribution in [0.2, 0.25) is 0 Å². The number of ketones is 1. The lowest BCUT2D eigenvalue weighted by atomic mass is 9.92. The lowest BCUT2D eigenvalue weighted by Gasteiger charge is -2.17. The van der Waals surface area contributed by atoms with Crippen molar-refractivity contribution in [2.24, 2.45) is 0 Å². The van der Waals surface area contributed by atoms with Crippen LogP contribution in [0.1, 0.15) is 19.3 Å². The summed E-state index contributed by atoms with van der Waals surface area (Å²) in [6.45, 7) is 0.524. The number of halogens is 1. The van der Waals surface area contributed by atoms with Crippen molar-refractivity contribution in [3.05, 3.63) is 35.3 Å². The fourth-order valence-corrected chi connectivity index (χ4v) is 1.75. The fourth-order valence-electron chi connectivity index (χ4n) is 1.75. The smallest absolute Gasteiger partial charge is 0.194 e. The van der Waals surface area contributed by atoms with Crippen LogP contribution in [-0.2, 0) is 4.79 Å². The number of carbonyl (C=O) groups excluding carboxylic acids is 1. The Bertz CT molecular complexity index is 352. The van der Waals surface area contributed by atoms with Gasteiger partial charge in [-0.05, 0) is 24.5 Å². The van der Waals surface area contributed by atoms with Crippen LogP contribution in [0.3, 0.4) is 0 Å². The highest BCUT2D eigenvalue weighted by Crippen LogP contribution is 2.26. The van der Waals surface area contributed by atoms with Gasteiger partial charge < -0.3 is 5.32 Å². The Hall–Kier alpha value is -1.38. The molecule has 0 spiro atoms. The maximum atomic E-state index is 13.3. The van der Waals surface area contributed by atoms with Crippen molar-refractivity contribution in [3.8, 4) is 0 Å². The molecule has 2 aliphatic rings. The molecule has 0 unspecified atom stereocenters. The second kappa shape index (κ2) is 3.78. The monoisotopic (exact) mass is 193 g/mol. The van der Waals surface area contributed by atoms with Crippen LogP contribution < -0.4 is 5.32 Å². The third-order valence-electron chi connectivity index (χ3n) is 2.45. The van der Waals surface area contributed by atoms with Crippen LogP contribution in [0, 0.1) is 0 Å². The highest BCUT2D eigenvalue weighted by Gasteiger charge is 2.16. The maximum absolute atomic E-state index is 13.3. The molecule has 1 aliphatic carbocycles. The Morgan fingerprint density at radius 3 is 2.93 bits per heavy atom. The molecule has 2 nitrogen and oxygen atoms in total. The molecule has 0 aromatic carbocycles. The van der Waals surface area contributed by atoms with E-state index >= 15 is 0 Å². The number of nitrogens with one attached hydrogen (secondary N) is 1. The van der Waals surface area contributed by atoms with Gasteiger partial charge in [0.2, 0.25) is 0 Å². The summed E-state index contributed by atoms with van der Waals surface area (Å²) >= 11 is 0. The molecule has 3 heteroatoms. The maximum Gasteiger partial charge on any atom is 0.194 e. The van der Waals surface area contributed by atoms with E-state index in [1.807, 2.05) is 6.08 Å². The summed E-state index contributed by atoms with van der Waals surface area (Å²) < 4.78 is 13.3. The van der Waals surface area contributed by atoms with E-state index in [1.165, 1.54) is 0 Å². The van der Waals surface area contributed by atoms with Gasteiger partial charge >= 0.3 is 0 Å². The number of dihydropyridines is 1. The predicted molar refractivity (Wildman–Crippen MR) is 52.2 cm³/mol. The first-order valence-corrected chi connectivity index (χ1v) is 4.81. The number of hydrogen-bond acceptors (Lipinski definition) is 2. The Morgan fingerprint density at radius 2 is 2.21 bits per heavy atom. The molecule has 0 fully saturated rings. The summed E-state index contributed by atoms with van der Waals surface area (Å²) in [6.07, 6.45) is 7.38. The minimum absolute atomic E-state index is 0.102. The summed E-state index contributed by atoms with van der Waals surface area (Å²) in [5.41, 5.74) is 1.37. The molecule has 0 radical (unpaired) electrons. The number of rotatable bonds is 1. The van der Waals surface area contributed by atoms with Crippen molar-refractivity contribution >= 4 is 5.78 Å². The summed E-state index contributed by atoms with van der Waals surface area (Å²) in [6, 6.07) is 0. The van der Waals surface area contributed by atoms with Gasteiger partial charge in [0, 0.05) is 18.5 Å². The Balaban J connectivity index is 2.30. The standard InChI is InChI=1S/C11H12FNO/c12-11-10(5-2-6-13-11)8-3-1-4-9(14)7-8/h2,5,7,13H,1,3-4,6H2. The quantitative estimate of drug-likeness (QED) is 0.645. The highest BCUT2D eigenvalue weighted by molar-refractivity contribution is 5.92. The van der Waals surface area contributed by atoms with E-state index in [1.54, 1.807) is 12.2 Å². The van der Waals surface area contributed by atoms with E-state index in [0.717, 1.165) is 18.4 Å². The first-order chi connectivity index (χ1) is 6.77. The van der Waals surface area contributed by atoms with Gasteiger partial charge in [0.05, 0.1) is 0 Å². The van der Waals surface area contributed by atoms with Crippen molar-refractivity contribution in [2.45, 2.75) is 19.3 Å². The topological polar surface area (TPSA) is 29.1 Å². The molecule has 0 amide bonds. The molecule has 0 atom stereocenters. The Morgan fingerprint density at radius 1 is 1.36 bits per heavy atom. The van der Waals surface area contributed by atoms with Crippen molar-refractivity contribution in [1.82, 2.24) is 5.32 Å². The van der Waals surface area contributed by atoms with Crippen molar-refractivity contribution in [1.29, 1.82) is 0 Å². The van der Waals surface area contributed by atoms with Crippen LogP contribution in [-0.4, -0.2) is 12.3 Å². The molecule has 2 rings (SSSR count). The first kappa shape index (κ1) is 9.19. The van der Waals surface area contributed by atoms with Crippen molar-refractivity contribution in [2.75, 3.05) is 6.54 Å². The highest BCUT2D eigenvalue weighted by atomic mass is 19.1. The molecule has 74 valence electrons. The molecule has 0 saturated heterocycles. The van der Waals surface area contributed by atoms with Gasteiger partial charge in [0.1, 0.15) is 0 Å².